The Labute approximate surface area is 78.5 Å². The van der Waals surface area contributed by atoms with E-state index in [1.807, 2.05) is 0 Å². The zero-order valence-corrected chi connectivity index (χ0v) is 8.03. The van der Waals surface area contributed by atoms with Gasteiger partial charge in [0.2, 0.25) is 0 Å². The molecule has 78 valence electrons. The predicted octanol–water partition coefficient (Wildman–Crippen LogP) is 0.463. The Hall–Kier alpha value is -0.610. The molecule has 0 aromatic carbocycles. The van der Waals surface area contributed by atoms with Gasteiger partial charge in [-0.05, 0) is 25.7 Å². The second-order valence-corrected chi connectivity index (χ2v) is 3.00. The maximum atomic E-state index is 10.3. The summed E-state index contributed by atoms with van der Waals surface area (Å²) in [6.07, 6.45) is 2.23. The summed E-state index contributed by atoms with van der Waals surface area (Å²) in [5.74, 6) is -0.268. The predicted molar refractivity (Wildman–Crippen MR) is 48.2 cm³/mol. The zero-order valence-electron chi connectivity index (χ0n) is 8.03. The van der Waals surface area contributed by atoms with Crippen LogP contribution in [-0.4, -0.2) is 35.5 Å². The van der Waals surface area contributed by atoms with E-state index in [0.29, 0.717) is 19.4 Å². The maximum absolute atomic E-state index is 10.3. The number of rotatable bonds is 7. The van der Waals surface area contributed by atoms with Crippen LogP contribution in [0.2, 0.25) is 0 Å². The lowest BCUT2D eigenvalue weighted by Gasteiger charge is -2.07. The number of carbonyl (C=O) groups is 1. The monoisotopic (exact) mass is 190 g/mol. The third kappa shape index (κ3) is 9.30. The summed E-state index contributed by atoms with van der Waals surface area (Å²) in [7, 11) is 0. The highest BCUT2D eigenvalue weighted by atomic mass is 16.5. The van der Waals surface area contributed by atoms with E-state index in [1.165, 1.54) is 6.92 Å². The molecule has 0 rings (SSSR count). The molecule has 4 heteroatoms. The molecule has 0 aromatic rings. The van der Waals surface area contributed by atoms with Gasteiger partial charge in [-0.1, -0.05) is 0 Å². The average Bonchev–Trinajstić information content (AvgIpc) is 2.03. The molecule has 0 aliphatic rings. The first-order valence-corrected chi connectivity index (χ1v) is 4.59. The van der Waals surface area contributed by atoms with Crippen LogP contribution in [0.25, 0.3) is 0 Å². The SMILES string of the molecule is CC(=O)OCCCCC(O)CCO. The van der Waals surface area contributed by atoms with Crippen molar-refractivity contribution in [2.75, 3.05) is 13.2 Å². The van der Waals surface area contributed by atoms with Crippen LogP contribution in [0, 0.1) is 0 Å². The third-order valence-electron chi connectivity index (χ3n) is 1.70. The molecule has 0 aliphatic carbocycles. The first-order chi connectivity index (χ1) is 6.16. The van der Waals surface area contributed by atoms with Gasteiger partial charge >= 0.3 is 5.97 Å². The zero-order chi connectivity index (χ0) is 10.1. The van der Waals surface area contributed by atoms with Gasteiger partial charge in [-0.25, -0.2) is 0 Å². The number of hydrogen-bond acceptors (Lipinski definition) is 4. The van der Waals surface area contributed by atoms with Crippen molar-refractivity contribution in [3.63, 3.8) is 0 Å². The average molecular weight is 190 g/mol. The van der Waals surface area contributed by atoms with Gasteiger partial charge in [0.05, 0.1) is 12.7 Å². The smallest absolute Gasteiger partial charge is 0.302 e. The molecule has 2 N–H and O–H groups in total. The van der Waals surface area contributed by atoms with Crippen LogP contribution in [0.1, 0.15) is 32.6 Å². The largest absolute Gasteiger partial charge is 0.466 e. The summed E-state index contributed by atoms with van der Waals surface area (Å²) in [6, 6.07) is 0. The van der Waals surface area contributed by atoms with Crippen molar-refractivity contribution in [2.24, 2.45) is 0 Å². The van der Waals surface area contributed by atoms with Crippen LogP contribution in [0.4, 0.5) is 0 Å². The quantitative estimate of drug-likeness (QED) is 0.452. The van der Waals surface area contributed by atoms with E-state index in [-0.39, 0.29) is 12.6 Å². The van der Waals surface area contributed by atoms with Crippen LogP contribution in [0.5, 0.6) is 0 Å². The third-order valence-corrected chi connectivity index (χ3v) is 1.70. The maximum Gasteiger partial charge on any atom is 0.302 e. The van der Waals surface area contributed by atoms with Gasteiger partial charge < -0.3 is 14.9 Å². The van der Waals surface area contributed by atoms with Gasteiger partial charge in [0, 0.05) is 13.5 Å². The molecule has 0 spiro atoms. The highest BCUT2D eigenvalue weighted by Crippen LogP contribution is 2.03. The number of aliphatic hydroxyl groups excluding tert-OH is 2. The summed E-state index contributed by atoms with van der Waals surface area (Å²) in [6.45, 7) is 1.81. The van der Waals surface area contributed by atoms with Gasteiger partial charge in [-0.3, -0.25) is 4.79 Å². The highest BCUT2D eigenvalue weighted by molar-refractivity contribution is 5.65. The molecule has 0 aliphatic heterocycles. The number of hydrogen-bond donors (Lipinski definition) is 2. The fraction of sp³-hybridized carbons (Fsp3) is 0.889. The highest BCUT2D eigenvalue weighted by Gasteiger charge is 2.02. The molecule has 1 unspecified atom stereocenters. The molecule has 0 heterocycles. The fourth-order valence-corrected chi connectivity index (χ4v) is 0.991. The standard InChI is InChI=1S/C9H18O4/c1-8(11)13-7-3-2-4-9(12)5-6-10/h9-10,12H,2-7H2,1H3. The van der Waals surface area contributed by atoms with E-state index in [0.717, 1.165) is 12.8 Å². The second kappa shape index (κ2) is 8.01. The van der Waals surface area contributed by atoms with Crippen LogP contribution < -0.4 is 0 Å². The minimum absolute atomic E-state index is 0.0190. The molecule has 0 saturated carbocycles. The Kier molecular flexibility index (Phi) is 7.63. The molecular formula is C9H18O4. The van der Waals surface area contributed by atoms with Crippen LogP contribution in [-0.2, 0) is 9.53 Å². The van der Waals surface area contributed by atoms with E-state index in [2.05, 4.69) is 0 Å². The Morgan fingerprint density at radius 3 is 2.62 bits per heavy atom. The lowest BCUT2D eigenvalue weighted by molar-refractivity contribution is -0.141. The number of esters is 1. The van der Waals surface area contributed by atoms with Gasteiger partial charge in [-0.15, -0.1) is 0 Å². The van der Waals surface area contributed by atoms with Crippen molar-refractivity contribution in [3.05, 3.63) is 0 Å². The minimum atomic E-state index is -0.428. The Balaban J connectivity index is 3.11. The topological polar surface area (TPSA) is 66.8 Å². The summed E-state index contributed by atoms with van der Waals surface area (Å²) in [5.41, 5.74) is 0. The van der Waals surface area contributed by atoms with Crippen molar-refractivity contribution in [1.82, 2.24) is 0 Å². The summed E-state index contributed by atoms with van der Waals surface area (Å²) in [4.78, 5) is 10.3. The molecule has 0 bridgehead atoms. The van der Waals surface area contributed by atoms with Gasteiger partial charge in [-0.2, -0.15) is 0 Å². The minimum Gasteiger partial charge on any atom is -0.466 e. The number of aliphatic hydroxyl groups is 2. The summed E-state index contributed by atoms with van der Waals surface area (Å²) >= 11 is 0. The fourth-order valence-electron chi connectivity index (χ4n) is 0.991. The molecule has 1 atom stereocenters. The molecule has 0 amide bonds. The Morgan fingerprint density at radius 1 is 1.38 bits per heavy atom. The van der Waals surface area contributed by atoms with E-state index in [9.17, 15) is 9.90 Å². The Morgan fingerprint density at radius 2 is 2.08 bits per heavy atom. The summed E-state index contributed by atoms with van der Waals surface area (Å²) in [5, 5.41) is 17.7. The lowest BCUT2D eigenvalue weighted by atomic mass is 10.1. The van der Waals surface area contributed by atoms with Crippen molar-refractivity contribution in [2.45, 2.75) is 38.7 Å². The Bertz CT molecular complexity index is 136. The molecule has 0 aromatic heterocycles. The van der Waals surface area contributed by atoms with Crippen LogP contribution in [0.3, 0.4) is 0 Å². The molecule has 4 nitrogen and oxygen atoms in total. The van der Waals surface area contributed by atoms with Gasteiger partial charge in [0.1, 0.15) is 0 Å². The van der Waals surface area contributed by atoms with Gasteiger partial charge in [0.15, 0.2) is 0 Å². The van der Waals surface area contributed by atoms with Crippen LogP contribution >= 0.6 is 0 Å². The molecule has 13 heavy (non-hydrogen) atoms. The van der Waals surface area contributed by atoms with E-state index < -0.39 is 6.10 Å². The lowest BCUT2D eigenvalue weighted by Crippen LogP contribution is -2.09. The molecule has 0 fully saturated rings. The van der Waals surface area contributed by atoms with Gasteiger partial charge in [0.25, 0.3) is 0 Å². The first kappa shape index (κ1) is 12.4. The second-order valence-electron chi connectivity index (χ2n) is 3.00. The van der Waals surface area contributed by atoms with Crippen LogP contribution in [0.15, 0.2) is 0 Å². The van der Waals surface area contributed by atoms with Crippen molar-refractivity contribution < 1.29 is 19.7 Å². The number of ether oxygens (including phenoxy) is 1. The van der Waals surface area contributed by atoms with Crippen molar-refractivity contribution in [3.8, 4) is 0 Å². The molecular weight excluding hydrogens is 172 g/mol. The van der Waals surface area contributed by atoms with Crippen molar-refractivity contribution in [1.29, 1.82) is 0 Å². The number of unbranched alkanes of at least 4 members (excludes halogenated alkanes) is 1. The summed E-state index contributed by atoms with van der Waals surface area (Å²) < 4.78 is 4.71. The van der Waals surface area contributed by atoms with Crippen molar-refractivity contribution >= 4 is 5.97 Å². The molecule has 0 radical (unpaired) electrons. The van der Waals surface area contributed by atoms with E-state index in [4.69, 9.17) is 9.84 Å². The normalized spacial score (nSPS) is 12.5. The van der Waals surface area contributed by atoms with E-state index in [1.54, 1.807) is 0 Å². The first-order valence-electron chi connectivity index (χ1n) is 4.59. The van der Waals surface area contributed by atoms with E-state index >= 15 is 0 Å². The number of carbonyl (C=O) groups excluding carboxylic acids is 1. The molecule has 0 saturated heterocycles.